The summed E-state index contributed by atoms with van der Waals surface area (Å²) in [4.78, 5) is 40.3. The van der Waals surface area contributed by atoms with E-state index in [1.54, 1.807) is 13.8 Å². The Morgan fingerprint density at radius 2 is 1.55 bits per heavy atom. The number of ether oxygens (including phenoxy) is 1. The van der Waals surface area contributed by atoms with Gasteiger partial charge in [-0.3, -0.25) is 9.69 Å². The average Bonchev–Trinajstić information content (AvgIpc) is 3.51. The molecule has 1 heterocycles. The second-order valence-electron chi connectivity index (χ2n) is 11.4. The number of carbonyl (C=O) groups excluding carboxylic acids is 2. The molecule has 3 aromatic rings. The van der Waals surface area contributed by atoms with Gasteiger partial charge >= 0.3 is 12.1 Å². The number of carboxylic acids is 1. The third-order valence-electron chi connectivity index (χ3n) is 7.99. The summed E-state index contributed by atoms with van der Waals surface area (Å²) >= 11 is 0. The van der Waals surface area contributed by atoms with E-state index in [0.717, 1.165) is 27.8 Å². The monoisotopic (exact) mass is 541 g/mol. The summed E-state index contributed by atoms with van der Waals surface area (Å²) in [7, 11) is 0. The second-order valence-corrected chi connectivity index (χ2v) is 11.4. The topological polar surface area (TPSA) is 108 Å². The van der Waals surface area contributed by atoms with Gasteiger partial charge in [-0.1, -0.05) is 78.9 Å². The van der Waals surface area contributed by atoms with Gasteiger partial charge in [0.05, 0.1) is 5.41 Å². The molecule has 0 bridgehead atoms. The van der Waals surface area contributed by atoms with Crippen LogP contribution in [0.4, 0.5) is 4.79 Å². The standard InChI is InChI=1S/C32H35N3O5/c1-31(2,28(36)34-32(29(37)38)16-17-35(21-32)18-22-10-4-3-5-11-22)20-33-30(39)40-19-27-25-14-8-6-12-23(25)24-13-7-9-15-26(24)27/h3-15,27H,16-21H2,1-2H3,(H,33,39)(H,34,36)(H,37,38). The van der Waals surface area contributed by atoms with Crippen LogP contribution in [0.5, 0.6) is 0 Å². The number of likely N-dealkylation sites (tertiary alicyclic amines) is 1. The van der Waals surface area contributed by atoms with Crippen LogP contribution in [-0.4, -0.2) is 59.8 Å². The fraction of sp³-hybridized carbons (Fsp3) is 0.344. The van der Waals surface area contributed by atoms with Crippen molar-refractivity contribution in [3.8, 4) is 11.1 Å². The molecule has 2 amide bonds. The van der Waals surface area contributed by atoms with E-state index in [1.165, 1.54) is 0 Å². The molecule has 0 spiro atoms. The third kappa shape index (κ3) is 5.58. The summed E-state index contributed by atoms with van der Waals surface area (Å²) in [6.45, 7) is 4.90. The summed E-state index contributed by atoms with van der Waals surface area (Å²) in [5.41, 5.74) is 3.18. The minimum atomic E-state index is -1.38. The Bertz CT molecular complexity index is 1360. The van der Waals surface area contributed by atoms with Gasteiger partial charge in [0.1, 0.15) is 6.61 Å². The first-order valence-corrected chi connectivity index (χ1v) is 13.6. The minimum absolute atomic E-state index is 0.00106. The van der Waals surface area contributed by atoms with E-state index in [4.69, 9.17) is 4.74 Å². The lowest BCUT2D eigenvalue weighted by molar-refractivity contribution is -0.148. The van der Waals surface area contributed by atoms with Crippen molar-refractivity contribution in [2.24, 2.45) is 5.41 Å². The molecule has 8 heteroatoms. The molecule has 1 saturated heterocycles. The zero-order valence-electron chi connectivity index (χ0n) is 22.9. The lowest BCUT2D eigenvalue weighted by atomic mass is 9.89. The molecule has 0 aromatic heterocycles. The van der Waals surface area contributed by atoms with Crippen molar-refractivity contribution in [1.29, 1.82) is 0 Å². The molecule has 1 aliphatic carbocycles. The maximum atomic E-state index is 13.3. The number of alkyl carbamates (subject to hydrolysis) is 1. The second kappa shape index (κ2) is 11.1. The highest BCUT2D eigenvalue weighted by molar-refractivity contribution is 5.90. The Labute approximate surface area is 234 Å². The number of nitrogens with zero attached hydrogens (tertiary/aromatic N) is 1. The molecule has 1 atom stereocenters. The van der Waals surface area contributed by atoms with Crippen molar-refractivity contribution in [1.82, 2.24) is 15.5 Å². The van der Waals surface area contributed by atoms with Gasteiger partial charge in [-0.05, 0) is 48.1 Å². The lowest BCUT2D eigenvalue weighted by Crippen LogP contribution is -2.60. The normalized spacial score (nSPS) is 18.6. The minimum Gasteiger partial charge on any atom is -0.479 e. The van der Waals surface area contributed by atoms with E-state index < -0.39 is 28.9 Å². The van der Waals surface area contributed by atoms with Crippen LogP contribution >= 0.6 is 0 Å². The van der Waals surface area contributed by atoms with Gasteiger partial charge in [-0.15, -0.1) is 0 Å². The Morgan fingerprint density at radius 3 is 2.17 bits per heavy atom. The largest absolute Gasteiger partial charge is 0.479 e. The highest BCUT2D eigenvalue weighted by atomic mass is 16.5. The molecule has 40 heavy (non-hydrogen) atoms. The number of carboxylic acid groups (broad SMARTS) is 1. The van der Waals surface area contributed by atoms with Gasteiger partial charge in [-0.25, -0.2) is 9.59 Å². The molecule has 2 aliphatic rings. The van der Waals surface area contributed by atoms with Gasteiger partial charge in [0.2, 0.25) is 5.91 Å². The Hall–Kier alpha value is -4.17. The van der Waals surface area contributed by atoms with Crippen LogP contribution in [0.15, 0.2) is 78.9 Å². The van der Waals surface area contributed by atoms with Crippen molar-refractivity contribution in [3.63, 3.8) is 0 Å². The number of hydrogen-bond donors (Lipinski definition) is 3. The smallest absolute Gasteiger partial charge is 0.407 e. The zero-order chi connectivity index (χ0) is 28.3. The van der Waals surface area contributed by atoms with E-state index in [0.29, 0.717) is 19.5 Å². The molecule has 1 aliphatic heterocycles. The van der Waals surface area contributed by atoms with Gasteiger partial charge in [0.15, 0.2) is 5.54 Å². The predicted octanol–water partition coefficient (Wildman–Crippen LogP) is 4.40. The molecule has 3 N–H and O–H groups in total. The fourth-order valence-corrected chi connectivity index (χ4v) is 5.60. The summed E-state index contributed by atoms with van der Waals surface area (Å²) in [5.74, 6) is -1.56. The number of benzene rings is 3. The van der Waals surface area contributed by atoms with Crippen LogP contribution in [0.1, 0.15) is 42.9 Å². The SMILES string of the molecule is CC(C)(CNC(=O)OCC1c2ccccc2-c2ccccc21)C(=O)NC1(C(=O)O)CCN(Cc2ccccc2)C1. The number of aliphatic carboxylic acids is 1. The third-order valence-corrected chi connectivity index (χ3v) is 7.99. The summed E-state index contributed by atoms with van der Waals surface area (Å²) in [6, 6.07) is 26.0. The Kier molecular flexibility index (Phi) is 7.63. The first kappa shape index (κ1) is 27.4. The highest BCUT2D eigenvalue weighted by Gasteiger charge is 2.48. The van der Waals surface area contributed by atoms with Crippen LogP contribution in [0.25, 0.3) is 11.1 Å². The summed E-state index contributed by atoms with van der Waals surface area (Å²) in [6.07, 6.45) is -0.317. The van der Waals surface area contributed by atoms with E-state index in [9.17, 15) is 19.5 Å². The first-order chi connectivity index (χ1) is 19.2. The van der Waals surface area contributed by atoms with Crippen LogP contribution in [0, 0.1) is 5.41 Å². The number of amides is 2. The van der Waals surface area contributed by atoms with E-state index in [-0.39, 0.29) is 25.6 Å². The number of nitrogens with one attached hydrogen (secondary N) is 2. The first-order valence-electron chi connectivity index (χ1n) is 13.6. The van der Waals surface area contributed by atoms with Gasteiger partial charge < -0.3 is 20.5 Å². The molecular formula is C32H35N3O5. The van der Waals surface area contributed by atoms with Crippen molar-refractivity contribution in [2.75, 3.05) is 26.2 Å². The molecule has 0 saturated carbocycles. The molecule has 3 aromatic carbocycles. The van der Waals surface area contributed by atoms with Crippen molar-refractivity contribution in [3.05, 3.63) is 95.6 Å². The molecule has 1 fully saturated rings. The number of carbonyl (C=O) groups is 3. The number of fused-ring (bicyclic) bond motifs is 3. The summed E-state index contributed by atoms with van der Waals surface area (Å²) in [5, 5.41) is 15.6. The van der Waals surface area contributed by atoms with Gasteiger partial charge in [-0.2, -0.15) is 0 Å². The van der Waals surface area contributed by atoms with Crippen LogP contribution in [0.3, 0.4) is 0 Å². The van der Waals surface area contributed by atoms with E-state index in [1.807, 2.05) is 59.5 Å². The van der Waals surface area contributed by atoms with Crippen LogP contribution < -0.4 is 10.6 Å². The number of rotatable bonds is 9. The molecule has 5 rings (SSSR count). The van der Waals surface area contributed by atoms with E-state index >= 15 is 0 Å². The lowest BCUT2D eigenvalue weighted by Gasteiger charge is -2.31. The Balaban J connectivity index is 1.16. The summed E-state index contributed by atoms with van der Waals surface area (Å²) < 4.78 is 5.59. The van der Waals surface area contributed by atoms with Crippen molar-refractivity contribution >= 4 is 18.0 Å². The van der Waals surface area contributed by atoms with E-state index in [2.05, 4.69) is 34.9 Å². The average molecular weight is 542 g/mol. The highest BCUT2D eigenvalue weighted by Crippen LogP contribution is 2.44. The van der Waals surface area contributed by atoms with Gasteiger partial charge in [0.25, 0.3) is 0 Å². The molecule has 8 nitrogen and oxygen atoms in total. The van der Waals surface area contributed by atoms with Crippen molar-refractivity contribution < 1.29 is 24.2 Å². The van der Waals surface area contributed by atoms with Crippen LogP contribution in [-0.2, 0) is 20.9 Å². The quantitative estimate of drug-likeness (QED) is 0.371. The van der Waals surface area contributed by atoms with Crippen molar-refractivity contribution in [2.45, 2.75) is 38.3 Å². The molecule has 1 unspecified atom stereocenters. The predicted molar refractivity (Wildman–Crippen MR) is 152 cm³/mol. The Morgan fingerprint density at radius 1 is 0.950 bits per heavy atom. The molecule has 0 radical (unpaired) electrons. The molecular weight excluding hydrogens is 506 g/mol. The number of hydrogen-bond acceptors (Lipinski definition) is 5. The fourth-order valence-electron chi connectivity index (χ4n) is 5.60. The van der Waals surface area contributed by atoms with Gasteiger partial charge in [0, 0.05) is 32.1 Å². The molecule has 208 valence electrons. The maximum Gasteiger partial charge on any atom is 0.407 e. The zero-order valence-corrected chi connectivity index (χ0v) is 22.9. The maximum absolute atomic E-state index is 13.3. The van der Waals surface area contributed by atoms with Crippen LogP contribution in [0.2, 0.25) is 0 Å².